The predicted molar refractivity (Wildman–Crippen MR) is 104 cm³/mol. The van der Waals surface area contributed by atoms with Crippen LogP contribution >= 0.6 is 24.0 Å². The number of aromatic nitrogens is 3. The topological polar surface area (TPSA) is 57.2 Å². The second kappa shape index (κ2) is 9.27. The van der Waals surface area contributed by atoms with Gasteiger partial charge < -0.3 is 4.90 Å². The van der Waals surface area contributed by atoms with E-state index in [1.165, 1.54) is 5.69 Å². The third-order valence-electron chi connectivity index (χ3n) is 4.56. The number of hydrogen-bond acceptors (Lipinski definition) is 4. The Bertz CT molecular complexity index is 722. The van der Waals surface area contributed by atoms with Crippen molar-refractivity contribution in [2.45, 2.75) is 26.3 Å². The normalized spacial score (nSPS) is 15.2. The number of rotatable bonds is 6. The number of nitrogens with one attached hydrogen (secondary N) is 1. The van der Waals surface area contributed by atoms with Crippen molar-refractivity contribution >= 4 is 29.7 Å². The van der Waals surface area contributed by atoms with Crippen molar-refractivity contribution in [3.05, 3.63) is 45.6 Å². The van der Waals surface area contributed by atoms with Crippen LogP contribution < -0.4 is 10.6 Å². The van der Waals surface area contributed by atoms with Crippen molar-refractivity contribution in [2.24, 2.45) is 0 Å². The van der Waals surface area contributed by atoms with Gasteiger partial charge in [0.25, 0.3) is 0 Å². The van der Waals surface area contributed by atoms with Crippen LogP contribution in [0.5, 0.6) is 0 Å². The highest BCUT2D eigenvalue weighted by Crippen LogP contribution is 2.20. The monoisotopic (exact) mass is 385 g/mol. The van der Waals surface area contributed by atoms with E-state index >= 15 is 0 Å². The highest BCUT2D eigenvalue weighted by Gasteiger charge is 2.17. The van der Waals surface area contributed by atoms with E-state index in [4.69, 9.17) is 11.6 Å². The van der Waals surface area contributed by atoms with Gasteiger partial charge in [0.2, 0.25) is 0 Å². The molecule has 1 fully saturated rings. The molecule has 2 aromatic rings. The van der Waals surface area contributed by atoms with E-state index < -0.39 is 0 Å². The number of anilines is 1. The summed E-state index contributed by atoms with van der Waals surface area (Å²) in [6.45, 7) is 7.83. The minimum atomic E-state index is -0.0994. The van der Waals surface area contributed by atoms with Crippen LogP contribution in [-0.2, 0) is 13.0 Å². The van der Waals surface area contributed by atoms with Gasteiger partial charge in [0.05, 0.1) is 0 Å². The van der Waals surface area contributed by atoms with Gasteiger partial charge in [-0.2, -0.15) is 5.10 Å². The zero-order valence-electron chi connectivity index (χ0n) is 14.4. The SMILES string of the molecule is CCc1n[nH]c(=O)n1CCCN1CCN(c2cccc(Cl)c2)CC1.Cl. The maximum Gasteiger partial charge on any atom is 0.343 e. The van der Waals surface area contributed by atoms with E-state index in [0.717, 1.165) is 63.0 Å². The Labute approximate surface area is 159 Å². The van der Waals surface area contributed by atoms with Crippen molar-refractivity contribution in [3.8, 4) is 0 Å². The lowest BCUT2D eigenvalue weighted by Gasteiger charge is -2.36. The largest absolute Gasteiger partial charge is 0.369 e. The Hall–Kier alpha value is -1.50. The van der Waals surface area contributed by atoms with Crippen molar-refractivity contribution in [3.63, 3.8) is 0 Å². The van der Waals surface area contributed by atoms with Crippen LogP contribution in [0.2, 0.25) is 5.02 Å². The number of aromatic amines is 1. The molecule has 0 saturated carbocycles. The molecule has 1 aromatic heterocycles. The fourth-order valence-corrected chi connectivity index (χ4v) is 3.39. The minimum absolute atomic E-state index is 0. The Morgan fingerprint density at radius 3 is 2.64 bits per heavy atom. The quantitative estimate of drug-likeness (QED) is 0.829. The van der Waals surface area contributed by atoms with Crippen LogP contribution in [0.4, 0.5) is 5.69 Å². The van der Waals surface area contributed by atoms with Gasteiger partial charge in [-0.05, 0) is 31.2 Å². The number of hydrogen-bond donors (Lipinski definition) is 1. The molecule has 25 heavy (non-hydrogen) atoms. The Morgan fingerprint density at radius 1 is 1.20 bits per heavy atom. The van der Waals surface area contributed by atoms with Crippen LogP contribution in [0.3, 0.4) is 0 Å². The molecule has 0 amide bonds. The maximum absolute atomic E-state index is 11.7. The standard InChI is InChI=1S/C17H24ClN5O.ClH/c1-2-16-19-20-17(24)23(16)8-4-7-21-9-11-22(12-10-21)15-6-3-5-14(18)13-15;/h3,5-6,13H,2,4,7-12H2,1H3,(H,20,24);1H. The molecule has 1 aromatic carbocycles. The third-order valence-corrected chi connectivity index (χ3v) is 4.79. The molecule has 1 aliphatic rings. The molecule has 1 N–H and O–H groups in total. The van der Waals surface area contributed by atoms with Crippen molar-refractivity contribution in [1.82, 2.24) is 19.7 Å². The smallest absolute Gasteiger partial charge is 0.343 e. The summed E-state index contributed by atoms with van der Waals surface area (Å²) in [4.78, 5) is 16.6. The van der Waals surface area contributed by atoms with Gasteiger partial charge >= 0.3 is 5.69 Å². The van der Waals surface area contributed by atoms with Crippen molar-refractivity contribution < 1.29 is 0 Å². The summed E-state index contributed by atoms with van der Waals surface area (Å²) in [6.07, 6.45) is 1.74. The number of H-pyrrole nitrogens is 1. The molecule has 0 unspecified atom stereocenters. The number of nitrogens with zero attached hydrogens (tertiary/aromatic N) is 4. The molecule has 0 bridgehead atoms. The molecule has 6 nitrogen and oxygen atoms in total. The Morgan fingerprint density at radius 2 is 1.96 bits per heavy atom. The summed E-state index contributed by atoms with van der Waals surface area (Å²) in [7, 11) is 0. The van der Waals surface area contributed by atoms with Gasteiger partial charge in [-0.25, -0.2) is 9.89 Å². The molecule has 0 spiro atoms. The van der Waals surface area contributed by atoms with E-state index in [1.807, 2.05) is 25.1 Å². The highest BCUT2D eigenvalue weighted by molar-refractivity contribution is 6.30. The second-order valence-electron chi connectivity index (χ2n) is 6.11. The first-order chi connectivity index (χ1) is 11.7. The first-order valence-corrected chi connectivity index (χ1v) is 8.92. The van der Waals surface area contributed by atoms with E-state index in [9.17, 15) is 4.79 Å². The van der Waals surface area contributed by atoms with Crippen LogP contribution in [-0.4, -0.2) is 52.4 Å². The van der Waals surface area contributed by atoms with E-state index in [0.29, 0.717) is 0 Å². The highest BCUT2D eigenvalue weighted by atomic mass is 35.5. The van der Waals surface area contributed by atoms with Gasteiger partial charge in [0, 0.05) is 49.9 Å². The lowest BCUT2D eigenvalue weighted by atomic mass is 10.2. The van der Waals surface area contributed by atoms with Gasteiger partial charge in [0.15, 0.2) is 0 Å². The number of piperazine rings is 1. The lowest BCUT2D eigenvalue weighted by molar-refractivity contribution is 0.250. The Kier molecular flexibility index (Phi) is 7.35. The van der Waals surface area contributed by atoms with E-state index in [-0.39, 0.29) is 18.1 Å². The first kappa shape index (κ1) is 19.8. The molecule has 3 rings (SSSR count). The average Bonchev–Trinajstić information content (AvgIpc) is 2.96. The molecule has 0 aliphatic carbocycles. The molecule has 8 heteroatoms. The lowest BCUT2D eigenvalue weighted by Crippen LogP contribution is -2.46. The summed E-state index contributed by atoms with van der Waals surface area (Å²) >= 11 is 6.07. The molecular weight excluding hydrogens is 361 g/mol. The van der Waals surface area contributed by atoms with Gasteiger partial charge in [-0.3, -0.25) is 9.47 Å². The molecular formula is C17H25Cl2N5O. The average molecular weight is 386 g/mol. The Balaban J connectivity index is 0.00000225. The molecule has 2 heterocycles. The summed E-state index contributed by atoms with van der Waals surface area (Å²) in [5, 5.41) is 7.36. The first-order valence-electron chi connectivity index (χ1n) is 8.54. The van der Waals surface area contributed by atoms with Crippen LogP contribution in [0.1, 0.15) is 19.2 Å². The van der Waals surface area contributed by atoms with Gasteiger partial charge in [0.1, 0.15) is 5.82 Å². The summed E-state index contributed by atoms with van der Waals surface area (Å²) in [5.74, 6) is 0.839. The molecule has 0 radical (unpaired) electrons. The van der Waals surface area contributed by atoms with Crippen LogP contribution in [0, 0.1) is 0 Å². The number of aryl methyl sites for hydroxylation is 1. The number of benzene rings is 1. The van der Waals surface area contributed by atoms with Crippen LogP contribution in [0.25, 0.3) is 0 Å². The molecule has 1 saturated heterocycles. The summed E-state index contributed by atoms with van der Waals surface area (Å²) < 4.78 is 1.75. The fourth-order valence-electron chi connectivity index (χ4n) is 3.21. The zero-order chi connectivity index (χ0) is 16.9. The summed E-state index contributed by atoms with van der Waals surface area (Å²) in [6, 6.07) is 8.04. The minimum Gasteiger partial charge on any atom is -0.369 e. The molecule has 138 valence electrons. The van der Waals surface area contributed by atoms with Crippen LogP contribution in [0.15, 0.2) is 29.1 Å². The maximum atomic E-state index is 11.7. The molecule has 1 aliphatic heterocycles. The van der Waals surface area contributed by atoms with E-state index in [2.05, 4.69) is 26.1 Å². The molecule has 0 atom stereocenters. The zero-order valence-corrected chi connectivity index (χ0v) is 16.0. The number of halogens is 2. The summed E-state index contributed by atoms with van der Waals surface area (Å²) in [5.41, 5.74) is 1.09. The fraction of sp³-hybridized carbons (Fsp3) is 0.529. The van der Waals surface area contributed by atoms with Gasteiger partial charge in [-0.15, -0.1) is 12.4 Å². The van der Waals surface area contributed by atoms with Crippen molar-refractivity contribution in [2.75, 3.05) is 37.6 Å². The van der Waals surface area contributed by atoms with Gasteiger partial charge in [-0.1, -0.05) is 24.6 Å². The third kappa shape index (κ3) is 5.00. The van der Waals surface area contributed by atoms with E-state index in [1.54, 1.807) is 4.57 Å². The van der Waals surface area contributed by atoms with Crippen molar-refractivity contribution in [1.29, 1.82) is 0 Å². The predicted octanol–water partition coefficient (Wildman–Crippen LogP) is 2.42. The second-order valence-corrected chi connectivity index (χ2v) is 6.55.